The summed E-state index contributed by atoms with van der Waals surface area (Å²) >= 11 is 2.12. The maximum atomic E-state index is 3.74. The quantitative estimate of drug-likeness (QED) is 0.814. The molecule has 2 heterocycles. The number of nitrogens with zero attached hydrogens (tertiary/aromatic N) is 1. The highest BCUT2D eigenvalue weighted by atomic mass is 32.2. The minimum absolute atomic E-state index is 0.536. The molecule has 16 heavy (non-hydrogen) atoms. The smallest absolute Gasteiger partial charge is 0.0164 e. The Morgan fingerprint density at radius 1 is 1.31 bits per heavy atom. The van der Waals surface area contributed by atoms with Gasteiger partial charge in [-0.1, -0.05) is 13.8 Å². The van der Waals surface area contributed by atoms with Crippen molar-refractivity contribution in [1.82, 2.24) is 10.2 Å². The number of likely N-dealkylation sites (tertiary alicyclic amines) is 1. The molecule has 1 atom stereocenters. The Morgan fingerprint density at radius 3 is 2.75 bits per heavy atom. The van der Waals surface area contributed by atoms with Crippen LogP contribution in [0.25, 0.3) is 0 Å². The van der Waals surface area contributed by atoms with E-state index in [-0.39, 0.29) is 0 Å². The van der Waals surface area contributed by atoms with E-state index < -0.39 is 0 Å². The van der Waals surface area contributed by atoms with Crippen LogP contribution in [0.4, 0.5) is 0 Å². The average Bonchev–Trinajstić information content (AvgIpc) is 2.69. The second-order valence-corrected chi connectivity index (χ2v) is 7.11. The van der Waals surface area contributed by atoms with Gasteiger partial charge in [0.05, 0.1) is 0 Å². The highest BCUT2D eigenvalue weighted by Gasteiger charge is 2.28. The van der Waals surface area contributed by atoms with E-state index in [4.69, 9.17) is 0 Å². The van der Waals surface area contributed by atoms with Crippen molar-refractivity contribution in [2.45, 2.75) is 39.2 Å². The molecule has 2 aliphatic rings. The summed E-state index contributed by atoms with van der Waals surface area (Å²) in [4.78, 5) is 2.59. The van der Waals surface area contributed by atoms with Crippen LogP contribution in [0.1, 0.15) is 33.1 Å². The van der Waals surface area contributed by atoms with Crippen LogP contribution in [0.3, 0.4) is 0 Å². The second kappa shape index (κ2) is 5.74. The number of nitrogens with one attached hydrogen (secondary N) is 1. The fraction of sp³-hybridized carbons (Fsp3) is 1.00. The standard InChI is InChI=1S/C13H26N2S/c1-13(2)9-12(10-16-11-13)14-5-8-15-6-3-4-7-15/h12,14H,3-11H2,1-2H3. The van der Waals surface area contributed by atoms with E-state index in [0.29, 0.717) is 5.41 Å². The first-order chi connectivity index (χ1) is 7.66. The van der Waals surface area contributed by atoms with Crippen molar-refractivity contribution in [3.8, 4) is 0 Å². The maximum absolute atomic E-state index is 3.74. The topological polar surface area (TPSA) is 15.3 Å². The Balaban J connectivity index is 1.61. The molecule has 0 radical (unpaired) electrons. The van der Waals surface area contributed by atoms with E-state index in [1.807, 2.05) is 0 Å². The van der Waals surface area contributed by atoms with Gasteiger partial charge in [0, 0.05) is 24.9 Å². The van der Waals surface area contributed by atoms with Crippen LogP contribution in [0.2, 0.25) is 0 Å². The molecule has 94 valence electrons. The third-order valence-corrected chi connectivity index (χ3v) is 5.29. The molecule has 0 bridgehead atoms. The lowest BCUT2D eigenvalue weighted by Crippen LogP contribution is -2.43. The summed E-state index contributed by atoms with van der Waals surface area (Å²) in [6.07, 6.45) is 4.17. The van der Waals surface area contributed by atoms with Gasteiger partial charge >= 0.3 is 0 Å². The molecule has 0 aliphatic carbocycles. The van der Waals surface area contributed by atoms with Gasteiger partial charge in [-0.3, -0.25) is 0 Å². The van der Waals surface area contributed by atoms with Crippen LogP contribution in [0.15, 0.2) is 0 Å². The SMILES string of the molecule is CC1(C)CSCC(NCCN2CCCC2)C1. The first kappa shape index (κ1) is 12.7. The monoisotopic (exact) mass is 242 g/mol. The molecule has 1 N–H and O–H groups in total. The Kier molecular flexibility index (Phi) is 4.57. The fourth-order valence-corrected chi connectivity index (χ4v) is 4.13. The van der Waals surface area contributed by atoms with Gasteiger partial charge < -0.3 is 10.2 Å². The maximum Gasteiger partial charge on any atom is 0.0164 e. The average molecular weight is 242 g/mol. The second-order valence-electron chi connectivity index (χ2n) is 6.08. The Labute approximate surface area is 105 Å². The molecule has 2 saturated heterocycles. The zero-order valence-corrected chi connectivity index (χ0v) is 11.6. The summed E-state index contributed by atoms with van der Waals surface area (Å²) in [5, 5.41) is 3.74. The van der Waals surface area contributed by atoms with Crippen LogP contribution < -0.4 is 5.32 Å². The molecule has 2 rings (SSSR count). The van der Waals surface area contributed by atoms with Gasteiger partial charge in [0.25, 0.3) is 0 Å². The largest absolute Gasteiger partial charge is 0.312 e. The zero-order chi connectivity index (χ0) is 11.4. The lowest BCUT2D eigenvalue weighted by atomic mass is 9.88. The van der Waals surface area contributed by atoms with E-state index in [2.05, 4.69) is 35.8 Å². The summed E-state index contributed by atoms with van der Waals surface area (Å²) in [6.45, 7) is 9.88. The Hall–Kier alpha value is 0.270. The highest BCUT2D eigenvalue weighted by molar-refractivity contribution is 7.99. The number of thioether (sulfide) groups is 1. The van der Waals surface area contributed by atoms with Gasteiger partial charge in [-0.2, -0.15) is 11.8 Å². The molecular weight excluding hydrogens is 216 g/mol. The van der Waals surface area contributed by atoms with Crippen molar-refractivity contribution in [3.05, 3.63) is 0 Å². The molecule has 0 spiro atoms. The van der Waals surface area contributed by atoms with Gasteiger partial charge in [-0.25, -0.2) is 0 Å². The first-order valence-corrected chi connectivity index (χ1v) is 7.85. The molecule has 0 aromatic carbocycles. The van der Waals surface area contributed by atoms with Crippen molar-refractivity contribution in [1.29, 1.82) is 0 Å². The molecule has 0 aromatic heterocycles. The van der Waals surface area contributed by atoms with E-state index in [0.717, 1.165) is 6.04 Å². The molecule has 0 aromatic rings. The summed E-state index contributed by atoms with van der Waals surface area (Å²) in [5.41, 5.74) is 0.536. The fourth-order valence-electron chi connectivity index (χ4n) is 2.83. The summed E-state index contributed by atoms with van der Waals surface area (Å²) < 4.78 is 0. The molecule has 2 aliphatic heterocycles. The van der Waals surface area contributed by atoms with E-state index in [1.165, 1.54) is 56.9 Å². The van der Waals surface area contributed by atoms with Crippen LogP contribution in [-0.4, -0.2) is 48.6 Å². The molecule has 0 saturated carbocycles. The summed E-state index contributed by atoms with van der Waals surface area (Å²) in [5.74, 6) is 2.64. The van der Waals surface area contributed by atoms with E-state index in [9.17, 15) is 0 Å². The number of hydrogen-bond donors (Lipinski definition) is 1. The van der Waals surface area contributed by atoms with Crippen molar-refractivity contribution < 1.29 is 0 Å². The lowest BCUT2D eigenvalue weighted by molar-refractivity contribution is 0.293. The van der Waals surface area contributed by atoms with Crippen LogP contribution in [0.5, 0.6) is 0 Å². The van der Waals surface area contributed by atoms with Gasteiger partial charge in [-0.15, -0.1) is 0 Å². The minimum atomic E-state index is 0.536. The predicted molar refractivity (Wildman–Crippen MR) is 73.2 cm³/mol. The van der Waals surface area contributed by atoms with Gasteiger partial charge in [-0.05, 0) is 43.5 Å². The zero-order valence-electron chi connectivity index (χ0n) is 10.8. The molecular formula is C13H26N2S. The molecule has 2 fully saturated rings. The molecule has 0 amide bonds. The molecule has 1 unspecified atom stereocenters. The normalized spacial score (nSPS) is 30.8. The summed E-state index contributed by atoms with van der Waals surface area (Å²) in [7, 11) is 0. The van der Waals surface area contributed by atoms with E-state index >= 15 is 0 Å². The Morgan fingerprint density at radius 2 is 2.06 bits per heavy atom. The lowest BCUT2D eigenvalue weighted by Gasteiger charge is -2.35. The van der Waals surface area contributed by atoms with Gasteiger partial charge in [0.1, 0.15) is 0 Å². The van der Waals surface area contributed by atoms with Crippen LogP contribution in [-0.2, 0) is 0 Å². The van der Waals surface area contributed by atoms with Crippen molar-refractivity contribution in [3.63, 3.8) is 0 Å². The van der Waals surface area contributed by atoms with Crippen LogP contribution >= 0.6 is 11.8 Å². The van der Waals surface area contributed by atoms with Crippen molar-refractivity contribution >= 4 is 11.8 Å². The van der Waals surface area contributed by atoms with Crippen molar-refractivity contribution in [2.24, 2.45) is 5.41 Å². The first-order valence-electron chi connectivity index (χ1n) is 6.69. The third kappa shape index (κ3) is 3.94. The minimum Gasteiger partial charge on any atom is -0.312 e. The summed E-state index contributed by atoms with van der Waals surface area (Å²) in [6, 6.07) is 0.747. The van der Waals surface area contributed by atoms with Crippen LogP contribution in [0, 0.1) is 5.41 Å². The van der Waals surface area contributed by atoms with Gasteiger partial charge in [0.15, 0.2) is 0 Å². The number of rotatable bonds is 4. The van der Waals surface area contributed by atoms with E-state index in [1.54, 1.807) is 0 Å². The number of hydrogen-bond acceptors (Lipinski definition) is 3. The Bertz CT molecular complexity index is 212. The van der Waals surface area contributed by atoms with Crippen molar-refractivity contribution in [2.75, 3.05) is 37.7 Å². The highest BCUT2D eigenvalue weighted by Crippen LogP contribution is 2.33. The molecule has 2 nitrogen and oxygen atoms in total. The van der Waals surface area contributed by atoms with Gasteiger partial charge in [0.2, 0.25) is 0 Å². The third-order valence-electron chi connectivity index (χ3n) is 3.67. The molecule has 3 heteroatoms. The predicted octanol–water partition coefficient (Wildman–Crippen LogP) is 2.20.